The molecule has 0 aromatic heterocycles. The maximum Gasteiger partial charge on any atom is 0.422 e. The lowest BCUT2D eigenvalue weighted by atomic mass is 11.2. The molecule has 0 saturated carbocycles. The maximum atomic E-state index is 9.91. The summed E-state index contributed by atoms with van der Waals surface area (Å²) in [5.74, 6) is 0. The van der Waals surface area contributed by atoms with Crippen LogP contribution in [0.1, 0.15) is 0 Å². The van der Waals surface area contributed by atoms with Crippen molar-refractivity contribution in [2.45, 2.75) is 0 Å². The molecule has 0 aromatic rings. The van der Waals surface area contributed by atoms with Crippen LogP contribution in [0.4, 0.5) is 4.79 Å². The second-order valence-corrected chi connectivity index (χ2v) is 3.56. The highest BCUT2D eigenvalue weighted by Crippen LogP contribution is 2.10. The van der Waals surface area contributed by atoms with Gasteiger partial charge in [0.1, 0.15) is 0 Å². The minimum atomic E-state index is -0.303. The summed E-state index contributed by atoms with van der Waals surface area (Å²) in [6.07, 6.45) is 0. The standard InChI is InChI=1S/CH3N2OPS2/c2-1(4)3-7-5-6/h(H3,2,3,4)/p+1. The second-order valence-electron chi connectivity index (χ2n) is 0.691. The molecule has 40 valence electrons. The number of quaternary nitrogens is 1. The number of nitrogens with one attached hydrogen (secondary N) is 1. The zero-order valence-corrected chi connectivity index (χ0v) is 5.91. The maximum absolute atomic E-state index is 9.91. The van der Waals surface area contributed by atoms with E-state index < -0.39 is 0 Å². The Morgan fingerprint density at radius 2 is 2.57 bits per heavy atom. The van der Waals surface area contributed by atoms with Gasteiger partial charge in [-0.05, 0) is 11.8 Å². The lowest BCUT2D eigenvalue weighted by molar-refractivity contribution is -0.247. The van der Waals surface area contributed by atoms with Crippen molar-refractivity contribution in [1.29, 1.82) is 0 Å². The molecule has 0 fully saturated rings. The van der Waals surface area contributed by atoms with Gasteiger partial charge in [0, 0.05) is 11.6 Å². The highest BCUT2D eigenvalue weighted by atomic mass is 32.9. The SMILES string of the molecule is [NH3+]C(=O)NSP=S. The summed E-state index contributed by atoms with van der Waals surface area (Å²) in [6.45, 7) is 0.668. The van der Waals surface area contributed by atoms with Crippen LogP contribution in [0.5, 0.6) is 0 Å². The summed E-state index contributed by atoms with van der Waals surface area (Å²) in [4.78, 5) is 9.91. The van der Waals surface area contributed by atoms with Crippen LogP contribution in [0.2, 0.25) is 0 Å². The van der Waals surface area contributed by atoms with Crippen LogP contribution in [-0.4, -0.2) is 6.03 Å². The highest BCUT2D eigenvalue weighted by molar-refractivity contribution is 8.57. The van der Waals surface area contributed by atoms with Gasteiger partial charge in [-0.25, -0.2) is 9.52 Å². The lowest BCUT2D eigenvalue weighted by Gasteiger charge is -1.82. The second kappa shape index (κ2) is 4.46. The van der Waals surface area contributed by atoms with Crippen molar-refractivity contribution >= 4 is 36.0 Å². The number of hydrogen-bond donors (Lipinski definition) is 2. The van der Waals surface area contributed by atoms with Gasteiger partial charge in [0.2, 0.25) is 0 Å². The topological polar surface area (TPSA) is 56.7 Å². The molecule has 0 aliphatic carbocycles. The minimum Gasteiger partial charge on any atom is -0.274 e. The third kappa shape index (κ3) is 6.30. The molecule has 0 radical (unpaired) electrons. The molecule has 7 heavy (non-hydrogen) atoms. The number of rotatable bonds is 2. The van der Waals surface area contributed by atoms with Gasteiger partial charge < -0.3 is 0 Å². The number of urea groups is 1. The molecule has 0 saturated heterocycles. The van der Waals surface area contributed by atoms with E-state index in [0.29, 0.717) is 6.56 Å². The van der Waals surface area contributed by atoms with Crippen molar-refractivity contribution in [2.75, 3.05) is 0 Å². The van der Waals surface area contributed by atoms with Crippen molar-refractivity contribution < 1.29 is 10.5 Å². The molecule has 0 spiro atoms. The van der Waals surface area contributed by atoms with Crippen molar-refractivity contribution in [3.05, 3.63) is 0 Å². The molecule has 0 bridgehead atoms. The summed E-state index contributed by atoms with van der Waals surface area (Å²) >= 11 is 5.60. The van der Waals surface area contributed by atoms with E-state index in [0.717, 1.165) is 11.6 Å². The first-order valence-electron chi connectivity index (χ1n) is 1.38. The smallest absolute Gasteiger partial charge is 0.274 e. The third-order valence-electron chi connectivity index (χ3n) is 0.197. The van der Waals surface area contributed by atoms with E-state index in [9.17, 15) is 4.79 Å². The Morgan fingerprint density at radius 3 is 2.71 bits per heavy atom. The molecular weight excluding hydrogens is 151 g/mol. The van der Waals surface area contributed by atoms with E-state index in [2.05, 4.69) is 22.3 Å². The predicted molar refractivity (Wildman–Crippen MR) is 33.3 cm³/mol. The van der Waals surface area contributed by atoms with Gasteiger partial charge in [-0.3, -0.25) is 5.73 Å². The molecule has 3 nitrogen and oxygen atoms in total. The molecule has 4 N–H and O–H groups in total. The summed E-state index contributed by atoms with van der Waals surface area (Å²) in [6, 6.07) is -0.303. The Bertz CT molecular complexity index is 85.8. The van der Waals surface area contributed by atoms with Crippen LogP contribution >= 0.6 is 18.1 Å². The quantitative estimate of drug-likeness (QED) is 0.433. The Kier molecular flexibility index (Phi) is 4.65. The monoisotopic (exact) mass is 155 g/mol. The number of amides is 2. The van der Waals surface area contributed by atoms with Crippen molar-refractivity contribution in [3.8, 4) is 0 Å². The van der Waals surface area contributed by atoms with E-state index in [1.54, 1.807) is 0 Å². The molecule has 0 aliphatic heterocycles. The van der Waals surface area contributed by atoms with Crippen molar-refractivity contribution in [1.82, 2.24) is 4.72 Å². The average molecular weight is 155 g/mol. The fourth-order valence-corrected chi connectivity index (χ4v) is 0.961. The van der Waals surface area contributed by atoms with Crippen LogP contribution in [0.25, 0.3) is 0 Å². The molecule has 2 amide bonds. The number of hydrogen-bond acceptors (Lipinski definition) is 3. The first kappa shape index (κ1) is 7.30. The molecule has 0 heterocycles. The Labute approximate surface area is 51.7 Å². The zero-order valence-electron chi connectivity index (χ0n) is 3.38. The fourth-order valence-electron chi connectivity index (χ4n) is 0.0695. The first-order chi connectivity index (χ1) is 3.27. The van der Waals surface area contributed by atoms with Crippen LogP contribution in [0, 0.1) is 0 Å². The van der Waals surface area contributed by atoms with Crippen LogP contribution in [-0.2, 0) is 11.8 Å². The highest BCUT2D eigenvalue weighted by Gasteiger charge is 1.89. The van der Waals surface area contributed by atoms with Crippen LogP contribution in [0.3, 0.4) is 0 Å². The summed E-state index contributed by atoms with van der Waals surface area (Å²) in [5, 5.41) is 0. The first-order valence-corrected chi connectivity index (χ1v) is 4.71. The van der Waals surface area contributed by atoms with Gasteiger partial charge in [0.15, 0.2) is 0 Å². The molecule has 0 aromatic carbocycles. The Morgan fingerprint density at radius 1 is 2.00 bits per heavy atom. The summed E-state index contributed by atoms with van der Waals surface area (Å²) in [5.41, 5.74) is 3.05. The lowest BCUT2D eigenvalue weighted by Crippen LogP contribution is -2.61. The fraction of sp³-hybridized carbons (Fsp3) is 0. The molecular formula is CH4N2OPS2+. The van der Waals surface area contributed by atoms with Crippen molar-refractivity contribution in [2.24, 2.45) is 0 Å². The summed E-state index contributed by atoms with van der Waals surface area (Å²) < 4.78 is 2.35. The predicted octanol–water partition coefficient (Wildman–Crippen LogP) is -0.0908. The van der Waals surface area contributed by atoms with Gasteiger partial charge in [0.25, 0.3) is 0 Å². The minimum absolute atomic E-state index is 0.303. The molecule has 0 rings (SSSR count). The summed E-state index contributed by atoms with van der Waals surface area (Å²) in [7, 11) is 0. The van der Waals surface area contributed by atoms with Crippen LogP contribution < -0.4 is 10.5 Å². The Balaban J connectivity index is 2.97. The molecule has 6 heteroatoms. The van der Waals surface area contributed by atoms with E-state index in [4.69, 9.17) is 0 Å². The van der Waals surface area contributed by atoms with E-state index in [-0.39, 0.29) is 6.03 Å². The molecule has 0 unspecified atom stereocenters. The largest absolute Gasteiger partial charge is 0.422 e. The van der Waals surface area contributed by atoms with Gasteiger partial charge in [-0.15, -0.1) is 0 Å². The Hall–Kier alpha value is 0.300. The normalized spacial score (nSPS) is 8.71. The van der Waals surface area contributed by atoms with Gasteiger partial charge >= 0.3 is 6.03 Å². The van der Waals surface area contributed by atoms with E-state index in [1.807, 2.05) is 0 Å². The number of carbonyl (C=O) groups excluding carboxylic acids is 1. The zero-order chi connectivity index (χ0) is 5.70. The average Bonchev–Trinajstić information content (AvgIpc) is 1.61. The van der Waals surface area contributed by atoms with Crippen molar-refractivity contribution in [3.63, 3.8) is 0 Å². The third-order valence-corrected chi connectivity index (χ3v) is 1.76. The van der Waals surface area contributed by atoms with E-state index >= 15 is 0 Å². The van der Waals surface area contributed by atoms with Crippen LogP contribution in [0.15, 0.2) is 0 Å². The molecule has 0 atom stereocenters. The molecule has 0 aliphatic rings. The van der Waals surface area contributed by atoms with Gasteiger partial charge in [-0.1, -0.05) is 0 Å². The van der Waals surface area contributed by atoms with Gasteiger partial charge in [-0.2, -0.15) is 0 Å². The number of carbonyl (C=O) groups is 1. The van der Waals surface area contributed by atoms with E-state index in [1.165, 1.54) is 0 Å². The van der Waals surface area contributed by atoms with Gasteiger partial charge in [0.05, 0.1) is 6.56 Å².